The van der Waals surface area contributed by atoms with Crippen molar-refractivity contribution in [1.82, 2.24) is 10.3 Å². The molecule has 1 unspecified atom stereocenters. The van der Waals surface area contributed by atoms with E-state index in [4.69, 9.17) is 13.9 Å². The van der Waals surface area contributed by atoms with E-state index in [9.17, 15) is 9.90 Å². The van der Waals surface area contributed by atoms with Gasteiger partial charge in [0, 0.05) is 18.3 Å². The first-order valence-corrected chi connectivity index (χ1v) is 7.73. The molecule has 1 amide bonds. The fourth-order valence-corrected chi connectivity index (χ4v) is 2.84. The molecule has 7 nitrogen and oxygen atoms in total. The third-order valence-corrected chi connectivity index (χ3v) is 4.24. The molecule has 1 fully saturated rings. The van der Waals surface area contributed by atoms with Crippen LogP contribution in [0.3, 0.4) is 0 Å². The van der Waals surface area contributed by atoms with Crippen LogP contribution < -0.4 is 14.8 Å². The number of rotatable bonds is 6. The molecule has 1 atom stereocenters. The minimum absolute atomic E-state index is 0.149. The van der Waals surface area contributed by atoms with Crippen molar-refractivity contribution in [2.45, 2.75) is 25.0 Å². The number of amides is 1. The van der Waals surface area contributed by atoms with Crippen LogP contribution in [0, 0.1) is 5.92 Å². The second-order valence-electron chi connectivity index (χ2n) is 5.79. The summed E-state index contributed by atoms with van der Waals surface area (Å²) >= 11 is 0. The summed E-state index contributed by atoms with van der Waals surface area (Å²) in [4.78, 5) is 16.6. The van der Waals surface area contributed by atoms with Crippen molar-refractivity contribution in [3.8, 4) is 11.8 Å². The molecule has 0 saturated heterocycles. The van der Waals surface area contributed by atoms with Gasteiger partial charge in [0.15, 0.2) is 5.76 Å². The van der Waals surface area contributed by atoms with Crippen LogP contribution in [0.1, 0.15) is 35.0 Å². The van der Waals surface area contributed by atoms with Crippen LogP contribution in [0.5, 0.6) is 11.8 Å². The van der Waals surface area contributed by atoms with Crippen LogP contribution in [0.4, 0.5) is 0 Å². The number of aromatic nitrogens is 1. The normalized spacial score (nSPS) is 20.8. The largest absolute Gasteiger partial charge is 0.481 e. The number of aliphatic hydroxyl groups excluding tert-OH is 1. The molecule has 1 saturated carbocycles. The predicted molar refractivity (Wildman–Crippen MR) is 85.0 cm³/mol. The van der Waals surface area contributed by atoms with Crippen LogP contribution in [-0.4, -0.2) is 36.3 Å². The molecular formula is C17H20N2O5. The van der Waals surface area contributed by atoms with E-state index in [0.29, 0.717) is 18.7 Å². The van der Waals surface area contributed by atoms with E-state index in [1.165, 1.54) is 7.11 Å². The van der Waals surface area contributed by atoms with Crippen molar-refractivity contribution < 1.29 is 23.8 Å². The molecule has 0 spiro atoms. The predicted octanol–water partition coefficient (Wildman–Crippen LogP) is 1.93. The first kappa shape index (κ1) is 16.3. The van der Waals surface area contributed by atoms with E-state index >= 15 is 0 Å². The van der Waals surface area contributed by atoms with E-state index in [1.54, 1.807) is 31.5 Å². The molecule has 1 aliphatic carbocycles. The first-order chi connectivity index (χ1) is 11.6. The van der Waals surface area contributed by atoms with Gasteiger partial charge in [-0.25, -0.2) is 4.98 Å². The standard InChI is InChI=1S/C17H20N2O5/c1-22-14-5-3-10(9-18-14)16(11-7-12(20)8-11)19-17(21)13-4-6-15(23-2)24-13/h3-6,9,11-12,16,20H,7-8H2,1-2H3,(H,19,21). The summed E-state index contributed by atoms with van der Waals surface area (Å²) in [7, 11) is 3.02. The van der Waals surface area contributed by atoms with Crippen molar-refractivity contribution in [2.75, 3.05) is 14.2 Å². The maximum atomic E-state index is 12.4. The average molecular weight is 332 g/mol. The Morgan fingerprint density at radius 3 is 2.62 bits per heavy atom. The summed E-state index contributed by atoms with van der Waals surface area (Å²) in [5.74, 6) is 0.782. The third kappa shape index (κ3) is 3.35. The fourth-order valence-electron chi connectivity index (χ4n) is 2.84. The zero-order valence-corrected chi connectivity index (χ0v) is 13.6. The highest BCUT2D eigenvalue weighted by atomic mass is 16.6. The highest BCUT2D eigenvalue weighted by Crippen LogP contribution is 2.38. The van der Waals surface area contributed by atoms with Crippen LogP contribution >= 0.6 is 0 Å². The molecule has 2 aromatic rings. The summed E-state index contributed by atoms with van der Waals surface area (Å²) in [6, 6.07) is 6.51. The summed E-state index contributed by atoms with van der Waals surface area (Å²) in [6.45, 7) is 0. The van der Waals surface area contributed by atoms with Gasteiger partial charge in [0.2, 0.25) is 5.88 Å². The van der Waals surface area contributed by atoms with Crippen molar-refractivity contribution in [2.24, 2.45) is 5.92 Å². The molecule has 7 heteroatoms. The Labute approximate surface area is 139 Å². The molecular weight excluding hydrogens is 312 g/mol. The third-order valence-electron chi connectivity index (χ3n) is 4.24. The molecule has 0 aromatic carbocycles. The van der Waals surface area contributed by atoms with E-state index < -0.39 is 0 Å². The number of hydrogen-bond acceptors (Lipinski definition) is 6. The van der Waals surface area contributed by atoms with Gasteiger partial charge in [-0.3, -0.25) is 4.79 Å². The van der Waals surface area contributed by atoms with Gasteiger partial charge < -0.3 is 24.3 Å². The fraction of sp³-hybridized carbons (Fsp3) is 0.412. The van der Waals surface area contributed by atoms with Gasteiger partial charge in [-0.1, -0.05) is 6.07 Å². The number of aliphatic hydroxyl groups is 1. The topological polar surface area (TPSA) is 93.8 Å². The maximum absolute atomic E-state index is 12.4. The van der Waals surface area contributed by atoms with E-state index in [-0.39, 0.29) is 35.7 Å². The zero-order valence-electron chi connectivity index (χ0n) is 13.6. The van der Waals surface area contributed by atoms with Gasteiger partial charge in [0.1, 0.15) is 0 Å². The Kier molecular flexibility index (Phi) is 4.71. The number of hydrogen-bond donors (Lipinski definition) is 2. The molecule has 2 aromatic heterocycles. The van der Waals surface area contributed by atoms with Crippen LogP contribution in [0.15, 0.2) is 34.9 Å². The minimum Gasteiger partial charge on any atom is -0.481 e. The Balaban J connectivity index is 1.77. The average Bonchev–Trinajstić information content (AvgIpc) is 3.06. The Hall–Kier alpha value is -2.54. The van der Waals surface area contributed by atoms with Gasteiger partial charge in [-0.15, -0.1) is 0 Å². The number of nitrogens with zero attached hydrogens (tertiary/aromatic N) is 1. The summed E-state index contributed by atoms with van der Waals surface area (Å²) in [6.07, 6.45) is 2.64. The van der Waals surface area contributed by atoms with Gasteiger partial charge in [0.05, 0.1) is 26.4 Å². The number of ether oxygens (including phenoxy) is 2. The lowest BCUT2D eigenvalue weighted by Gasteiger charge is -2.38. The van der Waals surface area contributed by atoms with Crippen molar-refractivity contribution in [3.63, 3.8) is 0 Å². The molecule has 3 rings (SSSR count). The molecule has 128 valence electrons. The molecule has 0 aliphatic heterocycles. The van der Waals surface area contributed by atoms with Crippen molar-refractivity contribution >= 4 is 5.91 Å². The quantitative estimate of drug-likeness (QED) is 0.839. The minimum atomic E-state index is -0.333. The molecule has 2 heterocycles. The molecule has 2 N–H and O–H groups in total. The smallest absolute Gasteiger partial charge is 0.287 e. The molecule has 1 aliphatic rings. The highest BCUT2D eigenvalue weighted by Gasteiger charge is 2.36. The van der Waals surface area contributed by atoms with Gasteiger partial charge >= 0.3 is 0 Å². The number of pyridine rings is 1. The number of methoxy groups -OCH3 is 2. The second-order valence-corrected chi connectivity index (χ2v) is 5.79. The lowest BCUT2D eigenvalue weighted by atomic mass is 9.75. The molecule has 24 heavy (non-hydrogen) atoms. The first-order valence-electron chi connectivity index (χ1n) is 7.73. The Morgan fingerprint density at radius 2 is 2.08 bits per heavy atom. The van der Waals surface area contributed by atoms with Gasteiger partial charge in [0.25, 0.3) is 11.9 Å². The summed E-state index contributed by atoms with van der Waals surface area (Å²) < 4.78 is 15.3. The van der Waals surface area contributed by atoms with Gasteiger partial charge in [-0.2, -0.15) is 0 Å². The van der Waals surface area contributed by atoms with Crippen LogP contribution in [-0.2, 0) is 0 Å². The molecule has 0 bridgehead atoms. The lowest BCUT2D eigenvalue weighted by molar-refractivity contribution is 0.0231. The van der Waals surface area contributed by atoms with Crippen LogP contribution in [0.25, 0.3) is 0 Å². The van der Waals surface area contributed by atoms with Gasteiger partial charge in [-0.05, 0) is 30.4 Å². The second kappa shape index (κ2) is 6.92. The number of carbonyl (C=O) groups excluding carboxylic acids is 1. The van der Waals surface area contributed by atoms with E-state index in [1.807, 2.05) is 6.07 Å². The maximum Gasteiger partial charge on any atom is 0.287 e. The molecule has 0 radical (unpaired) electrons. The number of furan rings is 1. The van der Waals surface area contributed by atoms with Crippen molar-refractivity contribution in [1.29, 1.82) is 0 Å². The lowest BCUT2D eigenvalue weighted by Crippen LogP contribution is -2.41. The SMILES string of the molecule is COc1ccc(C(NC(=O)c2ccc(OC)o2)C2CC(O)C2)cn1. The van der Waals surface area contributed by atoms with Crippen LogP contribution in [0.2, 0.25) is 0 Å². The van der Waals surface area contributed by atoms with E-state index in [0.717, 1.165) is 5.56 Å². The Bertz CT molecular complexity index is 691. The van der Waals surface area contributed by atoms with Crippen molar-refractivity contribution in [3.05, 3.63) is 41.8 Å². The van der Waals surface area contributed by atoms with E-state index in [2.05, 4.69) is 10.3 Å². The summed E-state index contributed by atoms with van der Waals surface area (Å²) in [5, 5.41) is 12.6. The zero-order chi connectivity index (χ0) is 17.1. The highest BCUT2D eigenvalue weighted by molar-refractivity contribution is 5.91. The summed E-state index contributed by atoms with van der Waals surface area (Å²) in [5.41, 5.74) is 0.861. The number of carbonyl (C=O) groups is 1. The monoisotopic (exact) mass is 332 g/mol. The Morgan fingerprint density at radius 1 is 1.29 bits per heavy atom. The number of nitrogens with one attached hydrogen (secondary N) is 1.